The van der Waals surface area contributed by atoms with Crippen molar-refractivity contribution in [1.82, 2.24) is 4.67 Å². The Labute approximate surface area is 130 Å². The largest absolute Gasteiger partial charge is 0.353 e. The van der Waals surface area contributed by atoms with Crippen molar-refractivity contribution in [2.24, 2.45) is 0 Å². The molecule has 3 saturated heterocycles. The third-order valence-corrected chi connectivity index (χ3v) is 7.46. The molecular weight excluding hydrogens is 317 g/mol. The van der Waals surface area contributed by atoms with E-state index >= 15 is 0 Å². The zero-order valence-corrected chi connectivity index (χ0v) is 14.0. The van der Waals surface area contributed by atoms with Crippen LogP contribution in [-0.4, -0.2) is 69.0 Å². The van der Waals surface area contributed by atoms with Crippen LogP contribution in [0.15, 0.2) is 0 Å². The molecule has 0 bridgehead atoms. The molecule has 0 amide bonds. The van der Waals surface area contributed by atoms with Crippen molar-refractivity contribution >= 4 is 18.4 Å². The van der Waals surface area contributed by atoms with Gasteiger partial charge < -0.3 is 28.0 Å². The number of fused-ring (bicyclic) bond motifs is 3. The van der Waals surface area contributed by atoms with Gasteiger partial charge in [0.05, 0.1) is 13.2 Å². The summed E-state index contributed by atoms with van der Waals surface area (Å²) in [6, 6.07) is 0. The smallest absolute Gasteiger partial charge is 0.264 e. The molecule has 9 heteroatoms. The molecular formula is C12H22NO6PS. The molecule has 122 valence electrons. The van der Waals surface area contributed by atoms with Gasteiger partial charge in [-0.25, -0.2) is 4.67 Å². The predicted octanol–water partition coefficient (Wildman–Crippen LogP) is 1.08. The molecule has 0 spiro atoms. The Balaban J connectivity index is 1.89. The molecule has 0 aliphatic carbocycles. The molecule has 3 fully saturated rings. The van der Waals surface area contributed by atoms with Gasteiger partial charge in [-0.1, -0.05) is 13.8 Å². The number of rotatable bonds is 3. The van der Waals surface area contributed by atoms with Crippen LogP contribution in [0.1, 0.15) is 13.8 Å². The van der Waals surface area contributed by atoms with Crippen LogP contribution in [0.3, 0.4) is 0 Å². The Morgan fingerprint density at radius 2 is 1.43 bits per heavy atom. The van der Waals surface area contributed by atoms with Gasteiger partial charge >= 0.3 is 0 Å². The quantitative estimate of drug-likeness (QED) is 0.708. The summed E-state index contributed by atoms with van der Waals surface area (Å²) in [6.07, 6.45) is -0.988. The molecule has 0 saturated carbocycles. The second-order valence-corrected chi connectivity index (χ2v) is 8.44. The van der Waals surface area contributed by atoms with Crippen LogP contribution in [0.25, 0.3) is 0 Å². The minimum Gasteiger partial charge on any atom is -0.353 e. The van der Waals surface area contributed by atoms with Crippen molar-refractivity contribution in [3.05, 3.63) is 0 Å². The lowest BCUT2D eigenvalue weighted by Crippen LogP contribution is -2.54. The lowest BCUT2D eigenvalue weighted by atomic mass is 10.0. The second-order valence-electron chi connectivity index (χ2n) is 5.14. The van der Waals surface area contributed by atoms with Crippen LogP contribution in [0.2, 0.25) is 0 Å². The summed E-state index contributed by atoms with van der Waals surface area (Å²) in [5.41, 5.74) is 0. The second kappa shape index (κ2) is 6.86. The van der Waals surface area contributed by atoms with Crippen molar-refractivity contribution < 1.29 is 28.0 Å². The predicted molar refractivity (Wildman–Crippen MR) is 78.3 cm³/mol. The highest BCUT2D eigenvalue weighted by Crippen LogP contribution is 2.57. The minimum absolute atomic E-state index is 0.229. The van der Waals surface area contributed by atoms with Gasteiger partial charge in [0.1, 0.15) is 38.0 Å². The van der Waals surface area contributed by atoms with E-state index in [0.29, 0.717) is 13.2 Å². The summed E-state index contributed by atoms with van der Waals surface area (Å²) in [4.78, 5) is 0. The molecule has 0 radical (unpaired) electrons. The van der Waals surface area contributed by atoms with Crippen LogP contribution < -0.4 is 0 Å². The Morgan fingerprint density at radius 3 is 1.86 bits per heavy atom. The first-order valence-corrected chi connectivity index (χ1v) is 9.88. The first kappa shape index (κ1) is 16.2. The summed E-state index contributed by atoms with van der Waals surface area (Å²) >= 11 is 5.77. The number of hydrogen-bond acceptors (Lipinski definition) is 7. The molecule has 4 atom stereocenters. The fourth-order valence-corrected chi connectivity index (χ4v) is 6.26. The first-order valence-electron chi connectivity index (χ1n) is 7.29. The summed E-state index contributed by atoms with van der Waals surface area (Å²) < 4.78 is 36.6. The normalized spacial score (nSPS) is 44.0. The Morgan fingerprint density at radius 1 is 0.952 bits per heavy atom. The highest BCUT2D eigenvalue weighted by Gasteiger charge is 2.50. The van der Waals surface area contributed by atoms with Gasteiger partial charge in [0.2, 0.25) is 0 Å². The van der Waals surface area contributed by atoms with Gasteiger partial charge in [0, 0.05) is 13.1 Å². The van der Waals surface area contributed by atoms with Crippen molar-refractivity contribution in [3.63, 3.8) is 0 Å². The highest BCUT2D eigenvalue weighted by atomic mass is 32.5. The van der Waals surface area contributed by atoms with E-state index < -0.39 is 6.64 Å². The van der Waals surface area contributed by atoms with Crippen LogP contribution in [0.4, 0.5) is 0 Å². The molecule has 4 unspecified atom stereocenters. The van der Waals surface area contributed by atoms with E-state index in [9.17, 15) is 0 Å². The molecule has 3 rings (SSSR count). The molecule has 0 aromatic carbocycles. The summed E-state index contributed by atoms with van der Waals surface area (Å²) in [5, 5.41) is 0. The zero-order valence-electron chi connectivity index (χ0n) is 12.3. The average Bonchev–Trinajstić information content (AvgIpc) is 2.62. The molecule has 7 nitrogen and oxygen atoms in total. The van der Waals surface area contributed by atoms with Crippen LogP contribution in [-0.2, 0) is 39.8 Å². The van der Waals surface area contributed by atoms with E-state index in [4.69, 9.17) is 39.8 Å². The molecule has 0 N–H and O–H groups in total. The number of nitrogens with zero attached hydrogens (tertiary/aromatic N) is 1. The highest BCUT2D eigenvalue weighted by molar-refractivity contribution is 8.08. The van der Waals surface area contributed by atoms with Gasteiger partial charge in [0.25, 0.3) is 6.64 Å². The molecule has 3 heterocycles. The fraction of sp³-hybridized carbons (Fsp3) is 1.00. The topological polar surface area (TPSA) is 58.6 Å². The SMILES string of the molecule is CCN(CC)P1(=S)OC2COCOC2C2OCOCC2O1. The van der Waals surface area contributed by atoms with Crippen molar-refractivity contribution in [3.8, 4) is 0 Å². The van der Waals surface area contributed by atoms with Gasteiger partial charge in [-0.2, -0.15) is 0 Å². The van der Waals surface area contributed by atoms with Gasteiger partial charge in [-0.3, -0.25) is 0 Å². The number of hydrogen-bond donors (Lipinski definition) is 0. The lowest BCUT2D eigenvalue weighted by molar-refractivity contribution is -0.260. The Hall–Kier alpha value is 0.370. The molecule has 3 aliphatic heterocycles. The molecule has 3 aliphatic rings. The van der Waals surface area contributed by atoms with Crippen LogP contribution in [0, 0.1) is 0 Å². The summed E-state index contributed by atoms with van der Waals surface area (Å²) in [7, 11) is 0. The average molecular weight is 339 g/mol. The summed E-state index contributed by atoms with van der Waals surface area (Å²) in [5.74, 6) is 0. The fourth-order valence-electron chi connectivity index (χ4n) is 2.85. The minimum atomic E-state index is -2.60. The third kappa shape index (κ3) is 3.20. The molecule has 0 aromatic rings. The van der Waals surface area contributed by atoms with Crippen molar-refractivity contribution in [2.75, 3.05) is 39.9 Å². The van der Waals surface area contributed by atoms with Crippen molar-refractivity contribution in [1.29, 1.82) is 0 Å². The maximum absolute atomic E-state index is 6.18. The molecule has 21 heavy (non-hydrogen) atoms. The number of ether oxygens (including phenoxy) is 4. The zero-order chi connectivity index (χ0) is 14.9. The Bertz CT molecular complexity index is 381. The first-order chi connectivity index (χ1) is 10.2. The maximum Gasteiger partial charge on any atom is 0.264 e. The van der Waals surface area contributed by atoms with Crippen LogP contribution >= 0.6 is 6.64 Å². The van der Waals surface area contributed by atoms with E-state index in [-0.39, 0.29) is 38.0 Å². The van der Waals surface area contributed by atoms with E-state index in [1.54, 1.807) is 0 Å². The summed E-state index contributed by atoms with van der Waals surface area (Å²) in [6.45, 7) is 4.41. The van der Waals surface area contributed by atoms with Crippen LogP contribution in [0.5, 0.6) is 0 Å². The van der Waals surface area contributed by atoms with E-state index in [1.165, 1.54) is 0 Å². The molecule has 0 aromatic heterocycles. The monoisotopic (exact) mass is 339 g/mol. The van der Waals surface area contributed by atoms with E-state index in [0.717, 1.165) is 13.1 Å². The lowest BCUT2D eigenvalue weighted by Gasteiger charge is -2.37. The van der Waals surface area contributed by atoms with E-state index in [2.05, 4.69) is 4.67 Å². The van der Waals surface area contributed by atoms with E-state index in [1.807, 2.05) is 13.8 Å². The van der Waals surface area contributed by atoms with Crippen molar-refractivity contribution in [2.45, 2.75) is 38.3 Å². The van der Waals surface area contributed by atoms with Gasteiger partial charge in [0.15, 0.2) is 0 Å². The maximum atomic E-state index is 6.18. The standard InChI is InChI=1S/C12H22NO6PS/c1-3-13(4-2)20(21)18-9-5-14-7-16-11(9)12-10(19-20)6-15-8-17-12/h9-12H,3-8H2,1-2H3. The Kier molecular flexibility index (Phi) is 5.31. The third-order valence-electron chi connectivity index (χ3n) is 3.92. The van der Waals surface area contributed by atoms with Gasteiger partial charge in [-0.05, 0) is 11.8 Å². The van der Waals surface area contributed by atoms with Gasteiger partial charge in [-0.15, -0.1) is 0 Å².